The second kappa shape index (κ2) is 10.2. The van der Waals surface area contributed by atoms with Crippen LogP contribution in [0.25, 0.3) is 0 Å². The first-order chi connectivity index (χ1) is 14.1. The van der Waals surface area contributed by atoms with Gasteiger partial charge in [-0.1, -0.05) is 30.3 Å². The molecule has 154 valence electrons. The molecular weight excluding hydrogens is 388 g/mol. The van der Waals surface area contributed by atoms with Gasteiger partial charge in [0.2, 0.25) is 5.91 Å². The molecule has 2 aromatic rings. The van der Waals surface area contributed by atoms with Crippen molar-refractivity contribution in [1.29, 1.82) is 0 Å². The lowest BCUT2D eigenvalue weighted by Gasteiger charge is -2.31. The average molecular weight is 415 g/mol. The number of likely N-dealkylation sites (N-methyl/N-ethyl adjacent to an activating group) is 1. The van der Waals surface area contributed by atoms with Crippen LogP contribution >= 0.6 is 11.8 Å². The number of para-hydroxylation sites is 2. The first kappa shape index (κ1) is 21.0. The number of amides is 2. The number of fused-ring (bicyclic) bond motifs is 1. The normalized spacial score (nSPS) is 16.0. The average Bonchev–Trinajstić information content (AvgIpc) is 2.76. The number of thioether (sulfide) groups is 1. The highest BCUT2D eigenvalue weighted by Gasteiger charge is 2.28. The van der Waals surface area contributed by atoms with Crippen molar-refractivity contribution >= 4 is 23.6 Å². The molecule has 0 bridgehead atoms. The fourth-order valence-electron chi connectivity index (χ4n) is 3.14. The number of ether oxygens (including phenoxy) is 2. The van der Waals surface area contributed by atoms with Crippen LogP contribution in [0.4, 0.5) is 0 Å². The predicted octanol–water partition coefficient (Wildman–Crippen LogP) is 2.84. The lowest BCUT2D eigenvalue weighted by atomic mass is 10.1. The summed E-state index contributed by atoms with van der Waals surface area (Å²) >= 11 is 1.64. The highest BCUT2D eigenvalue weighted by molar-refractivity contribution is 7.98. The van der Waals surface area contributed by atoms with Gasteiger partial charge in [-0.2, -0.15) is 11.8 Å². The molecule has 7 heteroatoms. The Hall–Kier alpha value is -2.67. The number of rotatable bonds is 8. The molecule has 0 fully saturated rings. The van der Waals surface area contributed by atoms with E-state index in [4.69, 9.17) is 9.47 Å². The Labute approximate surface area is 175 Å². The topological polar surface area (TPSA) is 67.9 Å². The van der Waals surface area contributed by atoms with Crippen molar-refractivity contribution in [2.24, 2.45) is 0 Å². The fraction of sp³-hybridized carbons (Fsp3) is 0.364. The lowest BCUT2D eigenvalue weighted by Crippen LogP contribution is -2.50. The minimum Gasteiger partial charge on any atom is -0.486 e. The molecule has 2 aromatic carbocycles. The zero-order valence-corrected chi connectivity index (χ0v) is 17.5. The molecule has 6 nitrogen and oxygen atoms in total. The summed E-state index contributed by atoms with van der Waals surface area (Å²) in [4.78, 5) is 27.2. The molecule has 1 aliphatic heterocycles. The number of carbonyl (C=O) groups excluding carboxylic acids is 2. The Morgan fingerprint density at radius 3 is 2.55 bits per heavy atom. The van der Waals surface area contributed by atoms with Gasteiger partial charge in [-0.25, -0.2) is 0 Å². The van der Waals surface area contributed by atoms with Crippen LogP contribution in [-0.4, -0.2) is 61.1 Å². The quantitative estimate of drug-likeness (QED) is 0.720. The van der Waals surface area contributed by atoms with Crippen molar-refractivity contribution in [3.05, 3.63) is 60.2 Å². The second-order valence-electron chi connectivity index (χ2n) is 6.89. The number of carbonyl (C=O) groups is 2. The minimum atomic E-state index is -0.586. The molecule has 29 heavy (non-hydrogen) atoms. The Bertz CT molecular complexity index is 831. The number of hydrogen-bond donors (Lipinski definition) is 1. The molecule has 1 N–H and O–H groups in total. The largest absolute Gasteiger partial charge is 0.486 e. The smallest absolute Gasteiger partial charge is 0.251 e. The molecule has 0 saturated heterocycles. The molecule has 3 rings (SSSR count). The highest BCUT2D eigenvalue weighted by Crippen LogP contribution is 2.31. The fourth-order valence-corrected chi connectivity index (χ4v) is 3.61. The van der Waals surface area contributed by atoms with E-state index in [0.717, 1.165) is 5.75 Å². The SMILES string of the molecule is CSCC[C@H](NC(=O)c1ccccc1)C(=O)N(C)C[C@H]1COc2ccccc2O1. The molecule has 2 atom stereocenters. The summed E-state index contributed by atoms with van der Waals surface area (Å²) in [6.45, 7) is 0.755. The molecule has 0 spiro atoms. The zero-order chi connectivity index (χ0) is 20.6. The van der Waals surface area contributed by atoms with E-state index in [0.29, 0.717) is 36.6 Å². The summed E-state index contributed by atoms with van der Waals surface area (Å²) in [5, 5.41) is 2.89. The van der Waals surface area contributed by atoms with Crippen molar-refractivity contribution < 1.29 is 19.1 Å². The van der Waals surface area contributed by atoms with Gasteiger partial charge in [-0.05, 0) is 42.7 Å². The first-order valence-corrected chi connectivity index (χ1v) is 11.0. The summed E-state index contributed by atoms with van der Waals surface area (Å²) in [5.74, 6) is 1.79. The molecule has 1 aliphatic rings. The van der Waals surface area contributed by atoms with E-state index in [2.05, 4.69) is 5.32 Å². The van der Waals surface area contributed by atoms with Gasteiger partial charge in [0.05, 0.1) is 6.54 Å². The van der Waals surface area contributed by atoms with Crippen LogP contribution in [0.2, 0.25) is 0 Å². The summed E-state index contributed by atoms with van der Waals surface area (Å²) in [5.41, 5.74) is 0.540. The van der Waals surface area contributed by atoms with Crippen molar-refractivity contribution in [1.82, 2.24) is 10.2 Å². The predicted molar refractivity (Wildman–Crippen MR) is 115 cm³/mol. The molecule has 0 saturated carbocycles. The number of benzene rings is 2. The van der Waals surface area contributed by atoms with Gasteiger partial charge in [0.1, 0.15) is 12.6 Å². The molecule has 1 heterocycles. The molecule has 0 aliphatic carbocycles. The Morgan fingerprint density at radius 1 is 1.14 bits per heavy atom. The van der Waals surface area contributed by atoms with Crippen LogP contribution in [-0.2, 0) is 4.79 Å². The monoisotopic (exact) mass is 414 g/mol. The van der Waals surface area contributed by atoms with Crippen LogP contribution in [0.3, 0.4) is 0 Å². The maximum atomic E-state index is 13.0. The van der Waals surface area contributed by atoms with Crippen molar-refractivity contribution in [3.8, 4) is 11.5 Å². The lowest BCUT2D eigenvalue weighted by molar-refractivity contribution is -0.133. The van der Waals surface area contributed by atoms with Gasteiger partial charge in [-0.15, -0.1) is 0 Å². The maximum Gasteiger partial charge on any atom is 0.251 e. The zero-order valence-electron chi connectivity index (χ0n) is 16.7. The number of hydrogen-bond acceptors (Lipinski definition) is 5. The van der Waals surface area contributed by atoms with Crippen molar-refractivity contribution in [3.63, 3.8) is 0 Å². The summed E-state index contributed by atoms with van der Waals surface area (Å²) in [6.07, 6.45) is 2.28. The van der Waals surface area contributed by atoms with E-state index in [1.807, 2.05) is 36.6 Å². The third kappa shape index (κ3) is 5.67. The second-order valence-corrected chi connectivity index (χ2v) is 7.88. The van der Waals surface area contributed by atoms with E-state index < -0.39 is 6.04 Å². The number of nitrogens with zero attached hydrogens (tertiary/aromatic N) is 1. The van der Waals surface area contributed by atoms with Crippen LogP contribution in [0.1, 0.15) is 16.8 Å². The third-order valence-electron chi connectivity index (χ3n) is 4.67. The molecular formula is C22H26N2O4S. The summed E-state index contributed by atoms with van der Waals surface area (Å²) < 4.78 is 11.7. The van der Waals surface area contributed by atoms with E-state index in [-0.39, 0.29) is 17.9 Å². The Kier molecular flexibility index (Phi) is 7.41. The van der Waals surface area contributed by atoms with Crippen LogP contribution in [0.5, 0.6) is 11.5 Å². The van der Waals surface area contributed by atoms with Gasteiger partial charge in [0, 0.05) is 12.6 Å². The van der Waals surface area contributed by atoms with Crippen LogP contribution < -0.4 is 14.8 Å². The van der Waals surface area contributed by atoms with Gasteiger partial charge < -0.3 is 19.7 Å². The Morgan fingerprint density at radius 2 is 1.83 bits per heavy atom. The minimum absolute atomic E-state index is 0.134. The van der Waals surface area contributed by atoms with Gasteiger partial charge in [-0.3, -0.25) is 9.59 Å². The summed E-state index contributed by atoms with van der Waals surface area (Å²) in [7, 11) is 1.73. The Balaban J connectivity index is 1.61. The van der Waals surface area contributed by atoms with E-state index >= 15 is 0 Å². The van der Waals surface area contributed by atoms with Crippen LogP contribution in [0.15, 0.2) is 54.6 Å². The van der Waals surface area contributed by atoms with E-state index in [1.54, 1.807) is 48.0 Å². The van der Waals surface area contributed by atoms with Gasteiger partial charge >= 0.3 is 0 Å². The maximum absolute atomic E-state index is 13.0. The van der Waals surface area contributed by atoms with Gasteiger partial charge in [0.15, 0.2) is 17.6 Å². The molecule has 0 unspecified atom stereocenters. The molecule has 0 radical (unpaired) electrons. The van der Waals surface area contributed by atoms with Crippen molar-refractivity contribution in [2.45, 2.75) is 18.6 Å². The van der Waals surface area contributed by atoms with Crippen LogP contribution in [0, 0.1) is 0 Å². The molecule has 2 amide bonds. The number of nitrogens with one attached hydrogen (secondary N) is 1. The summed E-state index contributed by atoms with van der Waals surface area (Å²) in [6, 6.07) is 15.8. The first-order valence-electron chi connectivity index (χ1n) is 9.56. The van der Waals surface area contributed by atoms with Crippen molar-refractivity contribution in [2.75, 3.05) is 32.2 Å². The van der Waals surface area contributed by atoms with E-state index in [9.17, 15) is 9.59 Å². The highest BCUT2D eigenvalue weighted by atomic mass is 32.2. The standard InChI is InChI=1S/C22H26N2O4S/c1-24(14-17-15-27-19-10-6-7-11-20(19)28-17)22(26)18(12-13-29-2)23-21(25)16-8-4-3-5-9-16/h3-11,17-18H,12-15H2,1-2H3,(H,23,25)/t17-,18-/m0/s1. The molecule has 0 aromatic heterocycles. The van der Waals surface area contributed by atoms with E-state index in [1.165, 1.54) is 0 Å². The third-order valence-corrected chi connectivity index (χ3v) is 5.32. The van der Waals surface area contributed by atoms with Gasteiger partial charge in [0.25, 0.3) is 5.91 Å².